The Balaban J connectivity index is 2.78. The lowest BCUT2D eigenvalue weighted by molar-refractivity contribution is 0.233. The molecule has 0 saturated carbocycles. The predicted octanol–water partition coefficient (Wildman–Crippen LogP) is 0.813. The van der Waals surface area contributed by atoms with Crippen LogP contribution in [0.25, 0.3) is 0 Å². The summed E-state index contributed by atoms with van der Waals surface area (Å²) >= 11 is 0. The van der Waals surface area contributed by atoms with Gasteiger partial charge >= 0.3 is 0 Å². The molecule has 0 aromatic heterocycles. The Hall–Kier alpha value is -0.430. The monoisotopic (exact) mass is 275 g/mol. The molecule has 1 fully saturated rings. The molecule has 0 aromatic carbocycles. The first kappa shape index (κ1) is 15.6. The largest absolute Gasteiger partial charge is 0.315 e. The minimum Gasteiger partial charge on any atom is -0.315 e. The minimum absolute atomic E-state index is 0.0796. The highest BCUT2D eigenvalue weighted by molar-refractivity contribution is 7.86. The molecule has 1 rings (SSSR count). The van der Waals surface area contributed by atoms with Crippen LogP contribution in [0.2, 0.25) is 0 Å². The standard InChI is InChI=1S/C12H25N3O2S/c1-4-9-14(3)18(16,17)15-10-7-6-8-12(15)11-13-5-2/h4,12-13H,1,5-11H2,2-3H3. The van der Waals surface area contributed by atoms with Gasteiger partial charge in [-0.3, -0.25) is 0 Å². The third kappa shape index (κ3) is 3.78. The maximum Gasteiger partial charge on any atom is 0.282 e. The van der Waals surface area contributed by atoms with E-state index in [1.165, 1.54) is 4.31 Å². The minimum atomic E-state index is -3.35. The highest BCUT2D eigenvalue weighted by Crippen LogP contribution is 2.21. The van der Waals surface area contributed by atoms with Crippen molar-refractivity contribution in [2.45, 2.75) is 32.2 Å². The molecule has 1 atom stereocenters. The Labute approximate surface area is 111 Å². The molecule has 0 amide bonds. The van der Waals surface area contributed by atoms with E-state index in [1.54, 1.807) is 17.4 Å². The molecule has 5 nitrogen and oxygen atoms in total. The van der Waals surface area contributed by atoms with Gasteiger partial charge in [-0.15, -0.1) is 6.58 Å². The highest BCUT2D eigenvalue weighted by Gasteiger charge is 2.34. The van der Waals surface area contributed by atoms with Crippen LogP contribution in [0, 0.1) is 0 Å². The van der Waals surface area contributed by atoms with Crippen molar-refractivity contribution in [3.8, 4) is 0 Å². The van der Waals surface area contributed by atoms with Crippen LogP contribution in [0.1, 0.15) is 26.2 Å². The van der Waals surface area contributed by atoms with E-state index in [2.05, 4.69) is 11.9 Å². The van der Waals surface area contributed by atoms with Crippen LogP contribution in [-0.2, 0) is 10.2 Å². The first-order valence-electron chi connectivity index (χ1n) is 6.58. The molecule has 6 heteroatoms. The molecule has 1 unspecified atom stereocenters. The fourth-order valence-corrected chi connectivity index (χ4v) is 3.82. The molecule has 0 bridgehead atoms. The third-order valence-corrected chi connectivity index (χ3v) is 5.29. The van der Waals surface area contributed by atoms with Crippen LogP contribution in [0.15, 0.2) is 12.7 Å². The van der Waals surface area contributed by atoms with Crippen molar-refractivity contribution in [1.82, 2.24) is 13.9 Å². The zero-order chi connectivity index (χ0) is 13.6. The summed E-state index contributed by atoms with van der Waals surface area (Å²) in [6.07, 6.45) is 4.60. The first-order chi connectivity index (χ1) is 8.54. The molecule has 18 heavy (non-hydrogen) atoms. The first-order valence-corrected chi connectivity index (χ1v) is 7.98. The van der Waals surface area contributed by atoms with Crippen LogP contribution in [0.3, 0.4) is 0 Å². The van der Waals surface area contributed by atoms with Crippen LogP contribution in [-0.4, -0.2) is 56.3 Å². The van der Waals surface area contributed by atoms with Gasteiger partial charge in [-0.1, -0.05) is 19.4 Å². The van der Waals surface area contributed by atoms with Crippen LogP contribution in [0.5, 0.6) is 0 Å². The Morgan fingerprint density at radius 3 is 2.83 bits per heavy atom. The summed E-state index contributed by atoms with van der Waals surface area (Å²) in [5.74, 6) is 0. The van der Waals surface area contributed by atoms with Gasteiger partial charge in [-0.25, -0.2) is 0 Å². The molecular formula is C12H25N3O2S. The molecule has 0 aromatic rings. The fraction of sp³-hybridized carbons (Fsp3) is 0.833. The molecule has 106 valence electrons. The molecule has 0 spiro atoms. The smallest absolute Gasteiger partial charge is 0.282 e. The maximum absolute atomic E-state index is 12.4. The molecule has 0 aliphatic carbocycles. The maximum atomic E-state index is 12.4. The SMILES string of the molecule is C=CCN(C)S(=O)(=O)N1CCCCC1CNCC. The van der Waals surface area contributed by atoms with Gasteiger partial charge in [0, 0.05) is 32.7 Å². The second-order valence-corrected chi connectivity index (χ2v) is 6.63. The number of piperidine rings is 1. The summed E-state index contributed by atoms with van der Waals surface area (Å²) < 4.78 is 27.9. The number of likely N-dealkylation sites (N-methyl/N-ethyl adjacent to an activating group) is 2. The topological polar surface area (TPSA) is 52.7 Å². The second-order valence-electron chi connectivity index (χ2n) is 4.64. The van der Waals surface area contributed by atoms with E-state index in [1.807, 2.05) is 6.92 Å². The summed E-state index contributed by atoms with van der Waals surface area (Å²) in [6, 6.07) is 0.0796. The molecule has 1 aliphatic heterocycles. The van der Waals surface area contributed by atoms with Crippen LogP contribution in [0.4, 0.5) is 0 Å². The zero-order valence-corrected chi connectivity index (χ0v) is 12.2. The number of hydrogen-bond donors (Lipinski definition) is 1. The van der Waals surface area contributed by atoms with Gasteiger partial charge in [-0.05, 0) is 19.4 Å². The zero-order valence-electron chi connectivity index (χ0n) is 11.4. The van der Waals surface area contributed by atoms with Gasteiger partial charge in [0.2, 0.25) is 0 Å². The van der Waals surface area contributed by atoms with Crippen molar-refractivity contribution < 1.29 is 8.42 Å². The quantitative estimate of drug-likeness (QED) is 0.700. The lowest BCUT2D eigenvalue weighted by atomic mass is 10.1. The van der Waals surface area contributed by atoms with Gasteiger partial charge in [0.15, 0.2) is 0 Å². The van der Waals surface area contributed by atoms with Gasteiger partial charge in [0.05, 0.1) is 0 Å². The Kier molecular flexibility index (Phi) is 6.28. The summed E-state index contributed by atoms with van der Waals surface area (Å²) in [6.45, 7) is 8.20. The van der Waals surface area contributed by atoms with Crippen molar-refractivity contribution in [2.24, 2.45) is 0 Å². The lowest BCUT2D eigenvalue weighted by Gasteiger charge is -2.36. The summed E-state index contributed by atoms with van der Waals surface area (Å²) in [5, 5.41) is 3.25. The van der Waals surface area contributed by atoms with E-state index >= 15 is 0 Å². The van der Waals surface area contributed by atoms with Gasteiger partial charge in [-0.2, -0.15) is 17.0 Å². The average molecular weight is 275 g/mol. The molecular weight excluding hydrogens is 250 g/mol. The fourth-order valence-electron chi connectivity index (χ4n) is 2.25. The molecule has 1 heterocycles. The third-order valence-electron chi connectivity index (χ3n) is 3.28. The van der Waals surface area contributed by atoms with Crippen molar-refractivity contribution in [1.29, 1.82) is 0 Å². The van der Waals surface area contributed by atoms with Crippen LogP contribution >= 0.6 is 0 Å². The number of hydrogen-bond acceptors (Lipinski definition) is 3. The Morgan fingerprint density at radius 2 is 2.22 bits per heavy atom. The summed E-state index contributed by atoms with van der Waals surface area (Å²) in [7, 11) is -1.74. The number of nitrogens with one attached hydrogen (secondary N) is 1. The van der Waals surface area contributed by atoms with E-state index < -0.39 is 10.2 Å². The van der Waals surface area contributed by atoms with E-state index in [-0.39, 0.29) is 6.04 Å². The van der Waals surface area contributed by atoms with Crippen molar-refractivity contribution >= 4 is 10.2 Å². The number of rotatable bonds is 7. The molecule has 1 N–H and O–H groups in total. The average Bonchev–Trinajstić information content (AvgIpc) is 2.37. The Bertz CT molecular complexity index is 356. The van der Waals surface area contributed by atoms with E-state index in [0.717, 1.165) is 32.4 Å². The predicted molar refractivity (Wildman–Crippen MR) is 74.6 cm³/mol. The molecule has 1 saturated heterocycles. The van der Waals surface area contributed by atoms with Crippen molar-refractivity contribution in [3.05, 3.63) is 12.7 Å². The molecule has 0 radical (unpaired) electrons. The number of nitrogens with zero attached hydrogens (tertiary/aromatic N) is 2. The van der Waals surface area contributed by atoms with Gasteiger partial charge in [0.25, 0.3) is 10.2 Å². The highest BCUT2D eigenvalue weighted by atomic mass is 32.2. The second kappa shape index (κ2) is 7.23. The normalized spacial score (nSPS) is 22.3. The Morgan fingerprint density at radius 1 is 1.50 bits per heavy atom. The van der Waals surface area contributed by atoms with Crippen LogP contribution < -0.4 is 5.32 Å². The summed E-state index contributed by atoms with van der Waals surface area (Å²) in [4.78, 5) is 0. The van der Waals surface area contributed by atoms with Crippen molar-refractivity contribution in [2.75, 3.05) is 33.2 Å². The van der Waals surface area contributed by atoms with E-state index in [4.69, 9.17) is 0 Å². The molecule has 1 aliphatic rings. The van der Waals surface area contributed by atoms with Gasteiger partial charge < -0.3 is 5.32 Å². The van der Waals surface area contributed by atoms with Gasteiger partial charge in [0.1, 0.15) is 0 Å². The summed E-state index contributed by atoms with van der Waals surface area (Å²) in [5.41, 5.74) is 0. The van der Waals surface area contributed by atoms with E-state index in [9.17, 15) is 8.42 Å². The lowest BCUT2D eigenvalue weighted by Crippen LogP contribution is -2.52. The van der Waals surface area contributed by atoms with Crippen molar-refractivity contribution in [3.63, 3.8) is 0 Å². The van der Waals surface area contributed by atoms with E-state index in [0.29, 0.717) is 13.1 Å².